The van der Waals surface area contributed by atoms with E-state index in [1.165, 1.54) is 17.8 Å². The topological polar surface area (TPSA) is 130 Å². The fourth-order valence-corrected chi connectivity index (χ4v) is 5.33. The number of carbonyl (C=O) groups excluding carboxylic acids is 1. The van der Waals surface area contributed by atoms with E-state index in [-0.39, 0.29) is 22.6 Å². The van der Waals surface area contributed by atoms with Crippen molar-refractivity contribution in [2.45, 2.75) is 36.5 Å². The Bertz CT molecular complexity index is 1380. The first-order valence-electron chi connectivity index (χ1n) is 10.9. The van der Waals surface area contributed by atoms with Crippen LogP contribution in [0.5, 0.6) is 0 Å². The number of benzene rings is 2. The molecule has 0 aliphatic carbocycles. The number of amides is 1. The molecule has 2 heterocycles. The molecule has 0 spiro atoms. The van der Waals surface area contributed by atoms with Crippen molar-refractivity contribution < 1.29 is 17.6 Å². The van der Waals surface area contributed by atoms with Crippen molar-refractivity contribution in [2.75, 3.05) is 27.8 Å². The van der Waals surface area contributed by atoms with Crippen molar-refractivity contribution in [1.29, 1.82) is 0 Å². The average molecular weight is 517 g/mol. The number of nitrogens with two attached hydrogens (primary N) is 1. The second-order valence-electron chi connectivity index (χ2n) is 8.04. The Balaban J connectivity index is 1.59. The van der Waals surface area contributed by atoms with Gasteiger partial charge < -0.3 is 15.5 Å². The molecule has 0 fully saturated rings. The first-order valence-corrected chi connectivity index (χ1v) is 13.5. The van der Waals surface area contributed by atoms with Crippen LogP contribution >= 0.6 is 11.8 Å². The van der Waals surface area contributed by atoms with Gasteiger partial charge in [0.15, 0.2) is 11.6 Å². The van der Waals surface area contributed by atoms with Crippen LogP contribution in [0.3, 0.4) is 0 Å². The monoisotopic (exact) mass is 516 g/mol. The third-order valence-corrected chi connectivity index (χ3v) is 7.50. The normalized spacial score (nSPS) is 13.5. The summed E-state index contributed by atoms with van der Waals surface area (Å²) in [7, 11) is -3.91. The molecular weight excluding hydrogens is 491 g/mol. The number of hydrogen-bond donors (Lipinski definition) is 3. The van der Waals surface area contributed by atoms with E-state index < -0.39 is 15.8 Å². The summed E-state index contributed by atoms with van der Waals surface area (Å²) in [6.07, 6.45) is 2.86. The molecular formula is C23H25FN6O3S2. The highest BCUT2D eigenvalue weighted by atomic mass is 32.2. The number of anilines is 5. The summed E-state index contributed by atoms with van der Waals surface area (Å²) in [5.74, 6) is -0.242. The Hall–Kier alpha value is -3.22. The minimum Gasteiger partial charge on any atom is -0.338 e. The number of unbranched alkanes of at least 4 members (excludes halogenated alkanes) is 1. The van der Waals surface area contributed by atoms with Crippen LogP contribution in [0.1, 0.15) is 25.3 Å². The number of aromatic nitrogens is 2. The smallest absolute Gasteiger partial charge is 0.238 e. The number of rotatable bonds is 8. The predicted molar refractivity (Wildman–Crippen MR) is 136 cm³/mol. The van der Waals surface area contributed by atoms with Gasteiger partial charge in [-0.15, -0.1) is 11.8 Å². The summed E-state index contributed by atoms with van der Waals surface area (Å²) < 4.78 is 38.1. The lowest BCUT2D eigenvalue weighted by Gasteiger charge is -2.29. The van der Waals surface area contributed by atoms with Crippen LogP contribution < -0.4 is 20.7 Å². The van der Waals surface area contributed by atoms with Crippen molar-refractivity contribution in [3.63, 3.8) is 0 Å². The maximum atomic E-state index is 14.5. The predicted octanol–water partition coefficient (Wildman–Crippen LogP) is 4.30. The fraction of sp³-hybridized carbons (Fsp3) is 0.261. The van der Waals surface area contributed by atoms with Gasteiger partial charge in [0.2, 0.25) is 21.9 Å². The van der Waals surface area contributed by atoms with Gasteiger partial charge in [-0.05, 0) is 49.2 Å². The van der Waals surface area contributed by atoms with Crippen molar-refractivity contribution in [1.82, 2.24) is 9.97 Å². The van der Waals surface area contributed by atoms with E-state index in [1.54, 1.807) is 30.0 Å². The third-order valence-electron chi connectivity index (χ3n) is 5.39. The van der Waals surface area contributed by atoms with Gasteiger partial charge >= 0.3 is 0 Å². The number of primary sulfonamides is 1. The van der Waals surface area contributed by atoms with Crippen LogP contribution in [0.2, 0.25) is 0 Å². The van der Waals surface area contributed by atoms with Crippen molar-refractivity contribution >= 4 is 56.5 Å². The van der Waals surface area contributed by atoms with Gasteiger partial charge in [0.25, 0.3) is 0 Å². The van der Waals surface area contributed by atoms with E-state index in [4.69, 9.17) is 5.14 Å². The van der Waals surface area contributed by atoms with E-state index in [2.05, 4.69) is 27.5 Å². The summed E-state index contributed by atoms with van der Waals surface area (Å²) in [6, 6.07) is 10.1. The molecule has 0 radical (unpaired) electrons. The molecule has 1 aliphatic heterocycles. The van der Waals surface area contributed by atoms with Crippen LogP contribution in [0.25, 0.3) is 0 Å². The summed E-state index contributed by atoms with van der Waals surface area (Å²) in [6.45, 7) is 4.32. The van der Waals surface area contributed by atoms with Crippen molar-refractivity contribution in [3.05, 3.63) is 54.0 Å². The lowest BCUT2D eigenvalue weighted by atomic mass is 10.2. The van der Waals surface area contributed by atoms with E-state index in [0.717, 1.165) is 29.6 Å². The molecule has 0 atom stereocenters. The van der Waals surface area contributed by atoms with E-state index in [9.17, 15) is 17.6 Å². The molecule has 4 rings (SSSR count). The van der Waals surface area contributed by atoms with Crippen LogP contribution in [-0.2, 0) is 14.8 Å². The van der Waals surface area contributed by atoms with Gasteiger partial charge in [0.05, 0.1) is 22.5 Å². The van der Waals surface area contributed by atoms with Crippen LogP contribution in [0.15, 0.2) is 52.4 Å². The molecule has 184 valence electrons. The van der Waals surface area contributed by atoms with E-state index in [1.807, 2.05) is 12.1 Å². The lowest BCUT2D eigenvalue weighted by molar-refractivity contribution is -0.116. The number of fused-ring (bicyclic) bond motifs is 1. The highest BCUT2D eigenvalue weighted by Gasteiger charge is 2.24. The number of sulfonamides is 1. The van der Waals surface area contributed by atoms with Crippen LogP contribution in [0.4, 0.5) is 33.2 Å². The molecule has 9 nitrogen and oxygen atoms in total. The molecule has 0 bridgehead atoms. The Morgan fingerprint density at radius 2 is 1.91 bits per heavy atom. The van der Waals surface area contributed by atoms with Gasteiger partial charge in [0.1, 0.15) is 0 Å². The molecule has 0 saturated carbocycles. The van der Waals surface area contributed by atoms with E-state index >= 15 is 0 Å². The fourth-order valence-electron chi connectivity index (χ4n) is 3.61. The molecule has 1 aliphatic rings. The molecule has 1 amide bonds. The molecule has 35 heavy (non-hydrogen) atoms. The Morgan fingerprint density at radius 3 is 2.66 bits per heavy atom. The molecule has 0 unspecified atom stereocenters. The second-order valence-corrected chi connectivity index (χ2v) is 10.6. The van der Waals surface area contributed by atoms with Crippen molar-refractivity contribution in [2.24, 2.45) is 5.14 Å². The maximum absolute atomic E-state index is 14.5. The summed E-state index contributed by atoms with van der Waals surface area (Å²) in [4.78, 5) is 23.3. The molecule has 4 N–H and O–H groups in total. The number of nitrogens with one attached hydrogen (secondary N) is 2. The quantitative estimate of drug-likeness (QED) is 0.404. The Kier molecular flexibility index (Phi) is 7.24. The zero-order valence-corrected chi connectivity index (χ0v) is 20.8. The van der Waals surface area contributed by atoms with Crippen LogP contribution in [0, 0.1) is 12.7 Å². The number of hydrogen-bond acceptors (Lipinski definition) is 8. The first kappa shape index (κ1) is 24.9. The third kappa shape index (κ3) is 5.72. The van der Waals surface area contributed by atoms with Gasteiger partial charge in [-0.3, -0.25) is 4.79 Å². The molecule has 1 aromatic heterocycles. The average Bonchev–Trinajstić information content (AvgIpc) is 2.81. The molecule has 12 heteroatoms. The van der Waals surface area contributed by atoms with Gasteiger partial charge in [-0.25, -0.2) is 22.9 Å². The zero-order valence-electron chi connectivity index (χ0n) is 19.2. The molecule has 3 aromatic rings. The van der Waals surface area contributed by atoms with Gasteiger partial charge in [-0.1, -0.05) is 19.4 Å². The highest BCUT2D eigenvalue weighted by Crippen LogP contribution is 2.38. The minimum absolute atomic E-state index is 0.0305. The summed E-state index contributed by atoms with van der Waals surface area (Å²) >= 11 is 1.48. The summed E-state index contributed by atoms with van der Waals surface area (Å²) in [5.41, 5.74) is 2.23. The van der Waals surface area contributed by atoms with Crippen LogP contribution in [-0.4, -0.2) is 36.6 Å². The SMILES string of the molecule is CCCCN1C(=O)CSc2ccc(Nc3nc(Nc4ccc(C)c(S(N)(=O)=O)c4)ncc3F)cc21. The van der Waals surface area contributed by atoms with Gasteiger partial charge in [0, 0.05) is 22.8 Å². The maximum Gasteiger partial charge on any atom is 0.238 e. The lowest BCUT2D eigenvalue weighted by Crippen LogP contribution is -2.36. The summed E-state index contributed by atoms with van der Waals surface area (Å²) in [5, 5.41) is 11.1. The molecule has 0 saturated heterocycles. The minimum atomic E-state index is -3.91. The van der Waals surface area contributed by atoms with E-state index in [0.29, 0.717) is 29.2 Å². The number of aryl methyl sites for hydroxylation is 1. The number of thioether (sulfide) groups is 1. The largest absolute Gasteiger partial charge is 0.338 e. The number of nitrogens with zero attached hydrogens (tertiary/aromatic N) is 3. The Morgan fingerprint density at radius 1 is 1.17 bits per heavy atom. The number of carbonyl (C=O) groups is 1. The highest BCUT2D eigenvalue weighted by molar-refractivity contribution is 8.00. The standard InChI is InChI=1S/C23H25FN6O3S2/c1-3-4-9-30-18-10-15(7-8-19(18)34-13-21(30)31)27-22-17(24)12-26-23(29-22)28-16-6-5-14(2)20(11-16)35(25,32)33/h5-8,10-12H,3-4,9,13H2,1-2H3,(H2,25,32,33)(H2,26,27,28,29). The van der Waals surface area contributed by atoms with Crippen molar-refractivity contribution in [3.8, 4) is 0 Å². The number of halogens is 1. The molecule has 2 aromatic carbocycles. The Labute approximate surface area is 207 Å². The zero-order chi connectivity index (χ0) is 25.2. The second kappa shape index (κ2) is 10.2. The van der Waals surface area contributed by atoms with Gasteiger partial charge in [-0.2, -0.15) is 4.98 Å². The first-order chi connectivity index (χ1) is 16.7.